The lowest BCUT2D eigenvalue weighted by Gasteiger charge is -2.27. The minimum atomic E-state index is -0.138. The van der Waals surface area contributed by atoms with E-state index in [-0.39, 0.29) is 11.9 Å². The summed E-state index contributed by atoms with van der Waals surface area (Å²) in [5.74, 6) is -0.138. The molecule has 0 aliphatic rings. The van der Waals surface area contributed by atoms with Crippen LogP contribution in [0.1, 0.15) is 29.8 Å². The van der Waals surface area contributed by atoms with Gasteiger partial charge in [0.05, 0.1) is 9.90 Å². The van der Waals surface area contributed by atoms with E-state index in [2.05, 4.69) is 0 Å². The quantitative estimate of drug-likeness (QED) is 0.819. The number of halogens is 2. The fourth-order valence-electron chi connectivity index (χ4n) is 1.99. The highest BCUT2D eigenvalue weighted by Gasteiger charge is 2.23. The molecule has 0 saturated heterocycles. The molecule has 0 aliphatic carbocycles. The Labute approximate surface area is 138 Å². The second-order valence-corrected chi connectivity index (χ2v) is 7.25. The van der Waals surface area contributed by atoms with Gasteiger partial charge in [0.1, 0.15) is 4.34 Å². The highest BCUT2D eigenvalue weighted by Crippen LogP contribution is 2.32. The second-order valence-electron chi connectivity index (χ2n) is 4.96. The lowest BCUT2D eigenvalue weighted by Crippen LogP contribution is -2.36. The Morgan fingerprint density at radius 2 is 2.00 bits per heavy atom. The molecule has 2 rings (SSSR count). The van der Waals surface area contributed by atoms with Gasteiger partial charge in [-0.3, -0.25) is 4.79 Å². The predicted octanol–water partition coefficient (Wildman–Crippen LogP) is 4.69. The molecule has 0 unspecified atom stereocenters. The number of carbonyl (C=O) groups excluding carboxylic acids is 1. The molecule has 0 fully saturated rings. The molecule has 1 heterocycles. The first-order valence-corrected chi connectivity index (χ1v) is 8.06. The van der Waals surface area contributed by atoms with Gasteiger partial charge in [0.25, 0.3) is 5.91 Å². The number of amides is 1. The van der Waals surface area contributed by atoms with Crippen LogP contribution in [0.5, 0.6) is 0 Å². The van der Waals surface area contributed by atoms with Gasteiger partial charge < -0.3 is 10.6 Å². The minimum absolute atomic E-state index is 0.0202. The van der Waals surface area contributed by atoms with E-state index in [1.54, 1.807) is 11.0 Å². The van der Waals surface area contributed by atoms with Crippen LogP contribution < -0.4 is 5.73 Å². The van der Waals surface area contributed by atoms with Crippen LogP contribution >= 0.6 is 34.5 Å². The third-order valence-corrected chi connectivity index (χ3v) is 4.65. The summed E-state index contributed by atoms with van der Waals surface area (Å²) >= 11 is 13.2. The van der Waals surface area contributed by atoms with Crippen molar-refractivity contribution < 1.29 is 4.79 Å². The molecule has 1 amide bonds. The molecule has 0 saturated carbocycles. The second kappa shape index (κ2) is 6.69. The van der Waals surface area contributed by atoms with E-state index >= 15 is 0 Å². The van der Waals surface area contributed by atoms with Crippen LogP contribution in [0.4, 0.5) is 5.69 Å². The molecule has 21 heavy (non-hydrogen) atoms. The highest BCUT2D eigenvalue weighted by atomic mass is 35.5. The van der Waals surface area contributed by atoms with Crippen LogP contribution in [0.15, 0.2) is 30.3 Å². The van der Waals surface area contributed by atoms with Crippen molar-refractivity contribution in [2.24, 2.45) is 0 Å². The van der Waals surface area contributed by atoms with Crippen LogP contribution in [0.2, 0.25) is 8.67 Å². The number of benzene rings is 1. The summed E-state index contributed by atoms with van der Waals surface area (Å²) in [6, 6.07) is 9.15. The number of anilines is 1. The lowest BCUT2D eigenvalue weighted by atomic mass is 10.1. The van der Waals surface area contributed by atoms with E-state index in [0.29, 0.717) is 26.5 Å². The zero-order valence-corrected chi connectivity index (χ0v) is 14.1. The summed E-state index contributed by atoms with van der Waals surface area (Å²) in [4.78, 5) is 14.4. The average Bonchev–Trinajstić information content (AvgIpc) is 2.75. The van der Waals surface area contributed by atoms with E-state index in [9.17, 15) is 4.79 Å². The van der Waals surface area contributed by atoms with E-state index in [1.807, 2.05) is 38.1 Å². The van der Waals surface area contributed by atoms with Crippen molar-refractivity contribution in [3.05, 3.63) is 50.1 Å². The van der Waals surface area contributed by atoms with Gasteiger partial charge in [-0.15, -0.1) is 11.3 Å². The minimum Gasteiger partial charge on any atom is -0.398 e. The highest BCUT2D eigenvalue weighted by molar-refractivity contribution is 7.20. The third-order valence-electron chi connectivity index (χ3n) is 3.17. The van der Waals surface area contributed by atoms with E-state index < -0.39 is 0 Å². The number of carbonyl (C=O) groups is 1. The Hall–Kier alpha value is -1.23. The summed E-state index contributed by atoms with van der Waals surface area (Å²) in [6.07, 6.45) is 0. The first-order chi connectivity index (χ1) is 9.90. The Kier molecular flexibility index (Phi) is 5.14. The number of nitrogens with zero attached hydrogens (tertiary/aromatic N) is 1. The van der Waals surface area contributed by atoms with Crippen LogP contribution in [-0.4, -0.2) is 16.8 Å². The number of nitrogen functional groups attached to an aromatic ring is 1. The fourth-order valence-corrected chi connectivity index (χ4v) is 3.44. The van der Waals surface area contributed by atoms with E-state index in [0.717, 1.165) is 5.56 Å². The zero-order chi connectivity index (χ0) is 15.6. The van der Waals surface area contributed by atoms with Crippen molar-refractivity contribution in [2.45, 2.75) is 26.4 Å². The molecule has 1 aromatic carbocycles. The van der Waals surface area contributed by atoms with Crippen molar-refractivity contribution in [1.29, 1.82) is 0 Å². The van der Waals surface area contributed by atoms with Crippen LogP contribution in [-0.2, 0) is 6.54 Å². The summed E-state index contributed by atoms with van der Waals surface area (Å²) in [5.41, 5.74) is 7.98. The predicted molar refractivity (Wildman–Crippen MR) is 90.2 cm³/mol. The van der Waals surface area contributed by atoms with Gasteiger partial charge in [-0.1, -0.05) is 41.4 Å². The molecule has 0 atom stereocenters. The molecule has 0 spiro atoms. The Morgan fingerprint density at radius 3 is 2.52 bits per heavy atom. The molecule has 6 heteroatoms. The summed E-state index contributed by atoms with van der Waals surface area (Å²) < 4.78 is 0.919. The van der Waals surface area contributed by atoms with Crippen molar-refractivity contribution in [3.8, 4) is 0 Å². The van der Waals surface area contributed by atoms with Gasteiger partial charge in [-0.2, -0.15) is 0 Å². The average molecular weight is 343 g/mol. The molecule has 0 radical (unpaired) electrons. The molecule has 0 aliphatic heterocycles. The van der Waals surface area contributed by atoms with Gasteiger partial charge >= 0.3 is 0 Å². The zero-order valence-electron chi connectivity index (χ0n) is 11.8. The maximum absolute atomic E-state index is 12.7. The largest absolute Gasteiger partial charge is 0.398 e. The first kappa shape index (κ1) is 16.1. The van der Waals surface area contributed by atoms with Crippen LogP contribution in [0.25, 0.3) is 0 Å². The smallest absolute Gasteiger partial charge is 0.256 e. The molecule has 2 N–H and O–H groups in total. The number of rotatable bonds is 4. The van der Waals surface area contributed by atoms with Crippen molar-refractivity contribution in [3.63, 3.8) is 0 Å². The molecule has 1 aromatic heterocycles. The molecular weight excluding hydrogens is 327 g/mol. The maximum Gasteiger partial charge on any atom is 0.256 e. The van der Waals surface area contributed by atoms with Crippen LogP contribution in [0.3, 0.4) is 0 Å². The molecular formula is C15H16Cl2N2OS. The Bertz CT molecular complexity index is 655. The van der Waals surface area contributed by atoms with Crippen LogP contribution in [0, 0.1) is 0 Å². The molecule has 112 valence electrons. The summed E-state index contributed by atoms with van der Waals surface area (Å²) in [5, 5.41) is 0. The van der Waals surface area contributed by atoms with Gasteiger partial charge in [-0.25, -0.2) is 0 Å². The topological polar surface area (TPSA) is 46.3 Å². The van der Waals surface area contributed by atoms with Gasteiger partial charge in [0.2, 0.25) is 0 Å². The Balaban J connectivity index is 2.29. The first-order valence-electron chi connectivity index (χ1n) is 6.49. The SMILES string of the molecule is CC(C)N(Cc1ccccc1N)C(=O)c1cc(Cl)sc1Cl. The van der Waals surface area contributed by atoms with E-state index in [4.69, 9.17) is 28.9 Å². The van der Waals surface area contributed by atoms with Crippen molar-refractivity contribution in [1.82, 2.24) is 4.90 Å². The standard InChI is InChI=1S/C15H16Cl2N2OS/c1-9(2)19(8-10-5-3-4-6-12(10)18)15(20)11-7-13(16)21-14(11)17/h3-7,9H,8,18H2,1-2H3. The van der Waals surface area contributed by atoms with Gasteiger partial charge in [0.15, 0.2) is 0 Å². The van der Waals surface area contributed by atoms with Crippen molar-refractivity contribution >= 4 is 46.1 Å². The van der Waals surface area contributed by atoms with Crippen molar-refractivity contribution in [2.75, 3.05) is 5.73 Å². The number of para-hydroxylation sites is 1. The monoisotopic (exact) mass is 342 g/mol. The summed E-state index contributed by atoms with van der Waals surface area (Å²) in [7, 11) is 0. The fraction of sp³-hybridized carbons (Fsp3) is 0.267. The van der Waals surface area contributed by atoms with E-state index in [1.165, 1.54) is 11.3 Å². The molecule has 3 nitrogen and oxygen atoms in total. The lowest BCUT2D eigenvalue weighted by molar-refractivity contribution is 0.0691. The number of hydrogen-bond donors (Lipinski definition) is 1. The molecule has 2 aromatic rings. The Morgan fingerprint density at radius 1 is 1.33 bits per heavy atom. The normalized spacial score (nSPS) is 10.9. The number of hydrogen-bond acceptors (Lipinski definition) is 3. The summed E-state index contributed by atoms with van der Waals surface area (Å²) in [6.45, 7) is 4.35. The van der Waals surface area contributed by atoms with Gasteiger partial charge in [0, 0.05) is 18.3 Å². The molecule has 0 bridgehead atoms. The van der Waals surface area contributed by atoms with Gasteiger partial charge in [-0.05, 0) is 31.5 Å². The third kappa shape index (κ3) is 3.70. The number of nitrogens with two attached hydrogens (primary N) is 1. The number of thiophene rings is 1. The maximum atomic E-state index is 12.7.